The minimum Gasteiger partial charge on any atom is -0.457 e. The Hall–Kier alpha value is -5.29. The van der Waals surface area contributed by atoms with E-state index in [0.717, 1.165) is 67.8 Å². The van der Waals surface area contributed by atoms with Crippen molar-refractivity contribution in [3.05, 3.63) is 150 Å². The Morgan fingerprint density at radius 2 is 1.03 bits per heavy atom. The molecule has 0 radical (unpaired) electrons. The third-order valence-electron chi connectivity index (χ3n) is 7.63. The Labute approximate surface area is 225 Å². The largest absolute Gasteiger partial charge is 0.457 e. The van der Waals surface area contributed by atoms with E-state index in [1.807, 2.05) is 54.7 Å². The standard InChI is InChI=1S/C34H21N3O2/c1-3-10-30-24(7-1)34(26-14-12-22(19-32(26)38-30)28-9-5-6-17-36-28)25-8-2-4-11-31(25)39-33-20-23(13-15-27(33)34)29-16-18-35-21-37-29/h1-21H. The van der Waals surface area contributed by atoms with Crippen molar-refractivity contribution in [1.29, 1.82) is 0 Å². The van der Waals surface area contributed by atoms with Crippen molar-refractivity contribution in [3.8, 4) is 45.5 Å². The van der Waals surface area contributed by atoms with Gasteiger partial charge in [-0.2, -0.15) is 0 Å². The van der Waals surface area contributed by atoms with Crippen LogP contribution in [-0.4, -0.2) is 15.0 Å². The highest BCUT2D eigenvalue weighted by molar-refractivity contribution is 5.78. The average Bonchev–Trinajstić information content (AvgIpc) is 3.01. The molecular weight excluding hydrogens is 482 g/mol. The monoisotopic (exact) mass is 503 g/mol. The zero-order chi connectivity index (χ0) is 25.8. The third kappa shape index (κ3) is 3.17. The van der Waals surface area contributed by atoms with Crippen LogP contribution >= 0.6 is 0 Å². The number of fused-ring (bicyclic) bond motifs is 8. The Morgan fingerprint density at radius 3 is 1.59 bits per heavy atom. The van der Waals surface area contributed by atoms with Crippen molar-refractivity contribution in [1.82, 2.24) is 15.0 Å². The second kappa shape index (κ2) is 8.36. The Kier molecular flexibility index (Phi) is 4.67. The Balaban J connectivity index is 1.44. The maximum Gasteiger partial charge on any atom is 0.132 e. The molecule has 4 aromatic carbocycles. The summed E-state index contributed by atoms with van der Waals surface area (Å²) in [6.07, 6.45) is 5.13. The molecule has 0 bridgehead atoms. The van der Waals surface area contributed by atoms with Gasteiger partial charge < -0.3 is 9.47 Å². The minimum atomic E-state index is -0.638. The van der Waals surface area contributed by atoms with E-state index in [1.54, 1.807) is 12.5 Å². The minimum absolute atomic E-state index is 0.638. The Morgan fingerprint density at radius 1 is 0.462 bits per heavy atom. The average molecular weight is 504 g/mol. The fraction of sp³-hybridized carbons (Fsp3) is 0.0294. The van der Waals surface area contributed by atoms with Gasteiger partial charge in [-0.25, -0.2) is 9.97 Å². The first-order chi connectivity index (χ1) is 19.3. The highest BCUT2D eigenvalue weighted by atomic mass is 16.5. The summed E-state index contributed by atoms with van der Waals surface area (Å²) in [5, 5.41) is 0. The number of hydrogen-bond donors (Lipinski definition) is 0. The molecule has 39 heavy (non-hydrogen) atoms. The van der Waals surface area contributed by atoms with Crippen molar-refractivity contribution in [2.24, 2.45) is 0 Å². The van der Waals surface area contributed by atoms with E-state index >= 15 is 0 Å². The third-order valence-corrected chi connectivity index (χ3v) is 7.63. The molecule has 5 heteroatoms. The number of ether oxygens (including phenoxy) is 2. The van der Waals surface area contributed by atoms with Gasteiger partial charge in [0.05, 0.1) is 16.8 Å². The van der Waals surface area contributed by atoms with Gasteiger partial charge >= 0.3 is 0 Å². The van der Waals surface area contributed by atoms with E-state index < -0.39 is 5.41 Å². The number of benzene rings is 4. The van der Waals surface area contributed by atoms with Crippen molar-refractivity contribution in [2.75, 3.05) is 0 Å². The van der Waals surface area contributed by atoms with Gasteiger partial charge in [-0.1, -0.05) is 66.7 Å². The lowest BCUT2D eigenvalue weighted by Gasteiger charge is -2.45. The van der Waals surface area contributed by atoms with Gasteiger partial charge in [0, 0.05) is 45.8 Å². The summed E-state index contributed by atoms with van der Waals surface area (Å²) in [5.41, 5.74) is 7.36. The molecule has 4 heterocycles. The normalized spacial score (nSPS) is 16.2. The molecule has 2 aliphatic rings. The van der Waals surface area contributed by atoms with Gasteiger partial charge in [0.1, 0.15) is 29.3 Å². The van der Waals surface area contributed by atoms with E-state index in [9.17, 15) is 0 Å². The van der Waals surface area contributed by atoms with E-state index in [1.165, 1.54) is 0 Å². The van der Waals surface area contributed by atoms with Gasteiger partial charge in [-0.05, 0) is 42.5 Å². The van der Waals surface area contributed by atoms with Crippen LogP contribution in [0.3, 0.4) is 0 Å². The molecule has 0 fully saturated rings. The van der Waals surface area contributed by atoms with Crippen LogP contribution in [0.1, 0.15) is 22.3 Å². The molecule has 0 saturated carbocycles. The topological polar surface area (TPSA) is 57.1 Å². The summed E-state index contributed by atoms with van der Waals surface area (Å²) < 4.78 is 13.2. The summed E-state index contributed by atoms with van der Waals surface area (Å²) in [6.45, 7) is 0. The molecule has 8 rings (SSSR count). The molecule has 0 aliphatic carbocycles. The molecule has 0 amide bonds. The number of hydrogen-bond acceptors (Lipinski definition) is 5. The van der Waals surface area contributed by atoms with Crippen LogP contribution in [0.2, 0.25) is 0 Å². The number of pyridine rings is 1. The molecule has 6 aromatic rings. The lowest BCUT2D eigenvalue weighted by Crippen LogP contribution is -2.36. The number of rotatable bonds is 2. The van der Waals surface area contributed by atoms with Crippen LogP contribution in [0.4, 0.5) is 0 Å². The van der Waals surface area contributed by atoms with E-state index in [2.05, 4.69) is 75.6 Å². The number of aromatic nitrogens is 3. The summed E-state index contributed by atoms with van der Waals surface area (Å²) in [6, 6.07) is 37.2. The Bertz CT molecular complexity index is 1730. The van der Waals surface area contributed by atoms with Crippen LogP contribution in [0.5, 0.6) is 23.0 Å². The van der Waals surface area contributed by atoms with Gasteiger partial charge in [0.15, 0.2) is 0 Å². The van der Waals surface area contributed by atoms with Crippen molar-refractivity contribution >= 4 is 0 Å². The lowest BCUT2D eigenvalue weighted by molar-refractivity contribution is 0.399. The SMILES string of the molecule is c1ccc(-c2ccc3c(c2)Oc2ccccc2C32c3ccccc3Oc3cc(-c4ccncn4)ccc32)nc1. The summed E-state index contributed by atoms with van der Waals surface area (Å²) in [7, 11) is 0. The zero-order valence-electron chi connectivity index (χ0n) is 20.8. The van der Waals surface area contributed by atoms with Gasteiger partial charge in [0.2, 0.25) is 0 Å². The first kappa shape index (κ1) is 21.8. The fourth-order valence-corrected chi connectivity index (χ4v) is 5.99. The first-order valence-electron chi connectivity index (χ1n) is 12.8. The predicted octanol–water partition coefficient (Wildman–Crippen LogP) is 7.80. The fourth-order valence-electron chi connectivity index (χ4n) is 5.99. The van der Waals surface area contributed by atoms with Crippen molar-refractivity contribution in [2.45, 2.75) is 5.41 Å². The van der Waals surface area contributed by atoms with Crippen molar-refractivity contribution in [3.63, 3.8) is 0 Å². The molecule has 184 valence electrons. The summed E-state index contributed by atoms with van der Waals surface area (Å²) in [4.78, 5) is 13.1. The molecule has 0 N–H and O–H groups in total. The molecule has 1 atom stereocenters. The van der Waals surface area contributed by atoms with E-state index in [0.29, 0.717) is 0 Å². The molecular formula is C34H21N3O2. The molecule has 5 nitrogen and oxygen atoms in total. The predicted molar refractivity (Wildman–Crippen MR) is 149 cm³/mol. The smallest absolute Gasteiger partial charge is 0.132 e. The number of nitrogens with zero attached hydrogens (tertiary/aromatic N) is 3. The second-order valence-corrected chi connectivity index (χ2v) is 9.68. The van der Waals surface area contributed by atoms with E-state index in [4.69, 9.17) is 9.47 Å². The van der Waals surface area contributed by atoms with Crippen LogP contribution < -0.4 is 9.47 Å². The quantitative estimate of drug-likeness (QED) is 0.241. The summed E-state index contributed by atoms with van der Waals surface area (Å²) in [5.74, 6) is 3.24. The number of para-hydroxylation sites is 2. The van der Waals surface area contributed by atoms with Gasteiger partial charge in [0.25, 0.3) is 0 Å². The molecule has 0 saturated heterocycles. The van der Waals surface area contributed by atoms with Gasteiger partial charge in [-0.15, -0.1) is 0 Å². The maximum atomic E-state index is 6.60. The highest BCUT2D eigenvalue weighted by Gasteiger charge is 2.50. The lowest BCUT2D eigenvalue weighted by atomic mass is 9.62. The van der Waals surface area contributed by atoms with Crippen molar-refractivity contribution < 1.29 is 9.47 Å². The molecule has 2 aliphatic heterocycles. The maximum absolute atomic E-state index is 6.60. The highest BCUT2D eigenvalue weighted by Crippen LogP contribution is 2.61. The van der Waals surface area contributed by atoms with Gasteiger partial charge in [-0.3, -0.25) is 4.98 Å². The second-order valence-electron chi connectivity index (χ2n) is 9.68. The van der Waals surface area contributed by atoms with Crippen LogP contribution in [0.25, 0.3) is 22.5 Å². The van der Waals surface area contributed by atoms with Crippen LogP contribution in [0, 0.1) is 0 Å². The molecule has 1 unspecified atom stereocenters. The molecule has 2 aromatic heterocycles. The first-order valence-corrected chi connectivity index (χ1v) is 12.8. The van der Waals surface area contributed by atoms with Crippen LogP contribution in [-0.2, 0) is 5.41 Å². The summed E-state index contributed by atoms with van der Waals surface area (Å²) >= 11 is 0. The molecule has 1 spiro atoms. The zero-order valence-corrected chi connectivity index (χ0v) is 20.8. The van der Waals surface area contributed by atoms with E-state index in [-0.39, 0.29) is 0 Å². The van der Waals surface area contributed by atoms with Crippen LogP contribution in [0.15, 0.2) is 128 Å².